The van der Waals surface area contributed by atoms with Crippen LogP contribution in [0.15, 0.2) is 29.6 Å². The number of thiazole rings is 1. The summed E-state index contributed by atoms with van der Waals surface area (Å²) in [7, 11) is 0. The Hall–Kier alpha value is -1.92. The number of carbonyl (C=O) groups is 2. The minimum atomic E-state index is -0.808. The molecule has 0 bridgehead atoms. The van der Waals surface area contributed by atoms with Gasteiger partial charge in [-0.1, -0.05) is 36.6 Å². The molecule has 138 valence electrons. The highest BCUT2D eigenvalue weighted by atomic mass is 35.5. The molecule has 0 radical (unpaired) electrons. The van der Waals surface area contributed by atoms with Crippen LogP contribution in [0.25, 0.3) is 10.6 Å². The molecule has 3 rings (SSSR count). The molecule has 1 saturated heterocycles. The van der Waals surface area contributed by atoms with E-state index in [9.17, 15) is 9.59 Å². The molecule has 26 heavy (non-hydrogen) atoms. The fourth-order valence-corrected chi connectivity index (χ4v) is 3.92. The molecular weight excluding hydrogens is 372 g/mol. The van der Waals surface area contributed by atoms with E-state index in [2.05, 4.69) is 4.98 Å². The Morgan fingerprint density at radius 3 is 2.65 bits per heavy atom. The number of nitrogens with zero attached hydrogens (tertiary/aromatic N) is 2. The molecule has 1 aliphatic heterocycles. The highest BCUT2D eigenvalue weighted by Gasteiger charge is 2.25. The summed E-state index contributed by atoms with van der Waals surface area (Å²) in [6, 6.07) is 7.29. The van der Waals surface area contributed by atoms with Crippen molar-refractivity contribution in [2.45, 2.75) is 38.7 Å². The molecule has 1 atom stereocenters. The first-order valence-electron chi connectivity index (χ1n) is 8.76. The Morgan fingerprint density at radius 1 is 1.23 bits per heavy atom. The van der Waals surface area contributed by atoms with Gasteiger partial charge in [0.05, 0.1) is 0 Å². The van der Waals surface area contributed by atoms with Crippen LogP contribution in [0.4, 0.5) is 0 Å². The zero-order valence-corrected chi connectivity index (χ0v) is 16.2. The summed E-state index contributed by atoms with van der Waals surface area (Å²) in [4.78, 5) is 31.0. The minimum Gasteiger partial charge on any atom is -0.448 e. The van der Waals surface area contributed by atoms with Gasteiger partial charge in [-0.3, -0.25) is 4.79 Å². The molecule has 1 aromatic carbocycles. The van der Waals surface area contributed by atoms with Gasteiger partial charge in [0.15, 0.2) is 11.8 Å². The van der Waals surface area contributed by atoms with Crippen LogP contribution in [0.2, 0.25) is 5.02 Å². The number of ether oxygens (including phenoxy) is 1. The Balaban J connectivity index is 1.63. The summed E-state index contributed by atoms with van der Waals surface area (Å²) in [6.45, 7) is 3.09. The summed E-state index contributed by atoms with van der Waals surface area (Å²) in [5.41, 5.74) is 1.05. The highest BCUT2D eigenvalue weighted by molar-refractivity contribution is 7.13. The largest absolute Gasteiger partial charge is 0.448 e. The van der Waals surface area contributed by atoms with Crippen LogP contribution in [0.1, 0.15) is 43.1 Å². The SMILES string of the molecule is C[C@@H](OC(=O)c1csc(-c2cccc(Cl)c2)n1)C(=O)N1CCCCCC1. The predicted molar refractivity (Wildman–Crippen MR) is 102 cm³/mol. The molecule has 0 unspecified atom stereocenters. The molecule has 0 N–H and O–H groups in total. The standard InChI is InChI=1S/C19H21ClN2O3S/c1-13(18(23)22-9-4-2-3-5-10-22)25-19(24)16-12-26-17(21-16)14-7-6-8-15(20)11-14/h6-8,11-13H,2-5,9-10H2,1H3/t13-/m1/s1. The number of halogens is 1. The van der Waals surface area contributed by atoms with E-state index in [1.54, 1.807) is 29.3 Å². The highest BCUT2D eigenvalue weighted by Crippen LogP contribution is 2.26. The van der Waals surface area contributed by atoms with E-state index < -0.39 is 12.1 Å². The Kier molecular flexibility index (Phi) is 6.27. The van der Waals surface area contributed by atoms with Gasteiger partial charge in [0.1, 0.15) is 5.01 Å². The summed E-state index contributed by atoms with van der Waals surface area (Å²) in [5, 5.41) is 2.94. The van der Waals surface area contributed by atoms with E-state index in [4.69, 9.17) is 16.3 Å². The molecule has 2 heterocycles. The van der Waals surface area contributed by atoms with Gasteiger partial charge in [0, 0.05) is 29.1 Å². The maximum Gasteiger partial charge on any atom is 0.358 e. The van der Waals surface area contributed by atoms with E-state index in [0.717, 1.165) is 44.3 Å². The van der Waals surface area contributed by atoms with Crippen molar-refractivity contribution in [3.05, 3.63) is 40.4 Å². The van der Waals surface area contributed by atoms with Crippen molar-refractivity contribution < 1.29 is 14.3 Å². The maximum absolute atomic E-state index is 12.5. The van der Waals surface area contributed by atoms with Gasteiger partial charge in [-0.15, -0.1) is 11.3 Å². The zero-order valence-electron chi connectivity index (χ0n) is 14.6. The number of hydrogen-bond acceptors (Lipinski definition) is 5. The van der Waals surface area contributed by atoms with Gasteiger partial charge < -0.3 is 9.64 Å². The molecular formula is C19H21ClN2O3S. The van der Waals surface area contributed by atoms with Crippen molar-refractivity contribution in [3.63, 3.8) is 0 Å². The molecule has 0 saturated carbocycles. The van der Waals surface area contributed by atoms with Crippen molar-refractivity contribution >= 4 is 34.8 Å². The van der Waals surface area contributed by atoms with Gasteiger partial charge in [-0.25, -0.2) is 9.78 Å². The smallest absolute Gasteiger partial charge is 0.358 e. The third kappa shape index (κ3) is 4.62. The van der Waals surface area contributed by atoms with E-state index in [0.29, 0.717) is 10.0 Å². The lowest BCUT2D eigenvalue weighted by Crippen LogP contribution is -2.40. The third-order valence-electron chi connectivity index (χ3n) is 4.33. The Labute approximate surface area is 161 Å². The molecule has 1 amide bonds. The van der Waals surface area contributed by atoms with E-state index in [1.807, 2.05) is 12.1 Å². The third-order valence-corrected chi connectivity index (χ3v) is 5.46. The van der Waals surface area contributed by atoms with Crippen molar-refractivity contribution in [2.24, 2.45) is 0 Å². The van der Waals surface area contributed by atoms with Gasteiger partial charge >= 0.3 is 5.97 Å². The first kappa shape index (κ1) is 18.9. The van der Waals surface area contributed by atoms with Crippen LogP contribution in [0.5, 0.6) is 0 Å². The molecule has 0 spiro atoms. The summed E-state index contributed by atoms with van der Waals surface area (Å²) < 4.78 is 5.35. The minimum absolute atomic E-state index is 0.134. The molecule has 0 aliphatic carbocycles. The molecule has 1 aromatic heterocycles. The number of esters is 1. The fraction of sp³-hybridized carbons (Fsp3) is 0.421. The van der Waals surface area contributed by atoms with Crippen molar-refractivity contribution in [2.75, 3.05) is 13.1 Å². The molecule has 2 aromatic rings. The molecule has 5 nitrogen and oxygen atoms in total. The quantitative estimate of drug-likeness (QED) is 0.723. The van der Waals surface area contributed by atoms with Crippen molar-refractivity contribution in [3.8, 4) is 10.6 Å². The topological polar surface area (TPSA) is 59.5 Å². The number of hydrogen-bond donors (Lipinski definition) is 0. The fourth-order valence-electron chi connectivity index (χ4n) is 2.94. The zero-order chi connectivity index (χ0) is 18.5. The van der Waals surface area contributed by atoms with Crippen LogP contribution in [-0.4, -0.2) is 41.0 Å². The lowest BCUT2D eigenvalue weighted by atomic mass is 10.2. The number of amides is 1. The van der Waals surface area contributed by atoms with Crippen molar-refractivity contribution in [1.82, 2.24) is 9.88 Å². The van der Waals surface area contributed by atoms with Crippen LogP contribution in [0, 0.1) is 0 Å². The molecule has 1 aliphatic rings. The average Bonchev–Trinajstić information content (AvgIpc) is 2.97. The maximum atomic E-state index is 12.5. The van der Waals surface area contributed by atoms with Gasteiger partial charge in [-0.2, -0.15) is 0 Å². The first-order chi connectivity index (χ1) is 12.5. The van der Waals surface area contributed by atoms with Crippen molar-refractivity contribution in [1.29, 1.82) is 0 Å². The predicted octanol–water partition coefficient (Wildman–Crippen LogP) is 4.41. The second kappa shape index (κ2) is 8.64. The normalized spacial score (nSPS) is 16.0. The van der Waals surface area contributed by atoms with Crippen LogP contribution < -0.4 is 0 Å². The second-order valence-electron chi connectivity index (χ2n) is 6.34. The monoisotopic (exact) mass is 392 g/mol. The van der Waals surface area contributed by atoms with Crippen LogP contribution >= 0.6 is 22.9 Å². The lowest BCUT2D eigenvalue weighted by molar-refractivity contribution is -0.139. The van der Waals surface area contributed by atoms with E-state index >= 15 is 0 Å². The molecule has 1 fully saturated rings. The van der Waals surface area contributed by atoms with Crippen LogP contribution in [-0.2, 0) is 9.53 Å². The van der Waals surface area contributed by atoms with E-state index in [-0.39, 0.29) is 11.6 Å². The lowest BCUT2D eigenvalue weighted by Gasteiger charge is -2.23. The van der Waals surface area contributed by atoms with Crippen LogP contribution in [0.3, 0.4) is 0 Å². The Morgan fingerprint density at radius 2 is 1.96 bits per heavy atom. The summed E-state index contributed by atoms with van der Waals surface area (Å²) in [6.07, 6.45) is 3.48. The van der Waals surface area contributed by atoms with E-state index in [1.165, 1.54) is 11.3 Å². The van der Waals surface area contributed by atoms with Gasteiger partial charge in [-0.05, 0) is 31.9 Å². The number of likely N-dealkylation sites (tertiary alicyclic amines) is 1. The second-order valence-corrected chi connectivity index (χ2v) is 7.63. The van der Waals surface area contributed by atoms with Gasteiger partial charge in [0.2, 0.25) is 0 Å². The molecule has 7 heteroatoms. The number of rotatable bonds is 4. The van der Waals surface area contributed by atoms with Gasteiger partial charge in [0.25, 0.3) is 5.91 Å². The summed E-state index contributed by atoms with van der Waals surface area (Å²) >= 11 is 7.34. The first-order valence-corrected chi connectivity index (χ1v) is 10.0. The average molecular weight is 393 g/mol. The number of benzene rings is 1. The number of aromatic nitrogens is 1. The number of carbonyl (C=O) groups excluding carboxylic acids is 2. The summed E-state index contributed by atoms with van der Waals surface area (Å²) in [5.74, 6) is -0.712. The Bertz CT molecular complexity index is 785.